The van der Waals surface area contributed by atoms with Crippen LogP contribution >= 0.6 is 0 Å². The molecular formula is C13H28N2O2. The molecule has 0 spiro atoms. The lowest BCUT2D eigenvalue weighted by Crippen LogP contribution is -2.32. The molecule has 17 heavy (non-hydrogen) atoms. The average molecular weight is 244 g/mol. The summed E-state index contributed by atoms with van der Waals surface area (Å²) in [7, 11) is 0. The van der Waals surface area contributed by atoms with Crippen molar-refractivity contribution in [2.24, 2.45) is 0 Å². The van der Waals surface area contributed by atoms with Crippen LogP contribution < -0.4 is 0 Å². The van der Waals surface area contributed by atoms with E-state index in [1.54, 1.807) is 0 Å². The Morgan fingerprint density at radius 1 is 1.00 bits per heavy atom. The maximum Gasteiger partial charge on any atom is 0.222 e. The third-order valence-electron chi connectivity index (χ3n) is 3.06. The maximum absolute atomic E-state index is 11.8. The summed E-state index contributed by atoms with van der Waals surface area (Å²) in [4.78, 5) is 15.9. The average Bonchev–Trinajstić information content (AvgIpc) is 2.35. The lowest BCUT2D eigenvalue weighted by molar-refractivity contribution is -0.130. The summed E-state index contributed by atoms with van der Waals surface area (Å²) < 4.78 is 0. The standard InChI is InChI=1S/C13H28N2O2/c1-4-14(11-8-12-16)10-7-9-13(17)15(5-2)6-3/h16H,4-12H2,1-3H3. The monoisotopic (exact) mass is 244 g/mol. The first kappa shape index (κ1) is 16.4. The van der Waals surface area contributed by atoms with Gasteiger partial charge in [0.15, 0.2) is 0 Å². The van der Waals surface area contributed by atoms with E-state index < -0.39 is 0 Å². The Bertz CT molecular complexity index is 194. The van der Waals surface area contributed by atoms with Crippen LogP contribution in [0.5, 0.6) is 0 Å². The van der Waals surface area contributed by atoms with Crippen LogP contribution in [0, 0.1) is 0 Å². The van der Waals surface area contributed by atoms with Gasteiger partial charge in [-0.2, -0.15) is 0 Å². The van der Waals surface area contributed by atoms with E-state index in [-0.39, 0.29) is 12.5 Å². The van der Waals surface area contributed by atoms with Crippen molar-refractivity contribution < 1.29 is 9.90 Å². The molecule has 0 aromatic carbocycles. The zero-order valence-electron chi connectivity index (χ0n) is 11.6. The summed E-state index contributed by atoms with van der Waals surface area (Å²) in [6, 6.07) is 0. The molecular weight excluding hydrogens is 216 g/mol. The zero-order valence-corrected chi connectivity index (χ0v) is 11.6. The number of hydrogen-bond donors (Lipinski definition) is 1. The summed E-state index contributed by atoms with van der Waals surface area (Å²) >= 11 is 0. The van der Waals surface area contributed by atoms with Gasteiger partial charge in [0.1, 0.15) is 0 Å². The quantitative estimate of drug-likeness (QED) is 0.630. The molecule has 0 saturated carbocycles. The van der Waals surface area contributed by atoms with E-state index >= 15 is 0 Å². The van der Waals surface area contributed by atoms with E-state index in [0.29, 0.717) is 6.42 Å². The van der Waals surface area contributed by atoms with Gasteiger partial charge < -0.3 is 14.9 Å². The summed E-state index contributed by atoms with van der Waals surface area (Å²) in [5.74, 6) is 0.258. The predicted molar refractivity (Wildman–Crippen MR) is 71.0 cm³/mol. The molecule has 0 fully saturated rings. The van der Waals surface area contributed by atoms with E-state index in [2.05, 4.69) is 11.8 Å². The number of hydrogen-bond acceptors (Lipinski definition) is 3. The van der Waals surface area contributed by atoms with Crippen molar-refractivity contribution in [3.05, 3.63) is 0 Å². The highest BCUT2D eigenvalue weighted by Crippen LogP contribution is 2.01. The van der Waals surface area contributed by atoms with Crippen LogP contribution in [0.3, 0.4) is 0 Å². The van der Waals surface area contributed by atoms with Crippen molar-refractivity contribution in [2.45, 2.75) is 40.0 Å². The van der Waals surface area contributed by atoms with Crippen LogP contribution in [0.2, 0.25) is 0 Å². The number of carbonyl (C=O) groups excluding carboxylic acids is 1. The molecule has 1 N–H and O–H groups in total. The highest BCUT2D eigenvalue weighted by atomic mass is 16.3. The van der Waals surface area contributed by atoms with E-state index in [9.17, 15) is 4.79 Å². The van der Waals surface area contributed by atoms with Crippen molar-refractivity contribution in [2.75, 3.05) is 39.3 Å². The van der Waals surface area contributed by atoms with E-state index in [0.717, 1.165) is 45.6 Å². The molecule has 0 rings (SSSR count). The smallest absolute Gasteiger partial charge is 0.222 e. The van der Waals surface area contributed by atoms with Crippen molar-refractivity contribution in [3.63, 3.8) is 0 Å². The molecule has 4 nitrogen and oxygen atoms in total. The summed E-state index contributed by atoms with van der Waals surface area (Å²) in [5.41, 5.74) is 0. The first-order valence-corrected chi connectivity index (χ1v) is 6.80. The van der Waals surface area contributed by atoms with E-state index in [1.807, 2.05) is 18.7 Å². The fraction of sp³-hybridized carbons (Fsp3) is 0.923. The Morgan fingerprint density at radius 3 is 2.06 bits per heavy atom. The minimum atomic E-state index is 0.245. The minimum Gasteiger partial charge on any atom is -0.396 e. The summed E-state index contributed by atoms with van der Waals surface area (Å²) in [5, 5.41) is 8.77. The number of aliphatic hydroxyl groups excluding tert-OH is 1. The number of amides is 1. The van der Waals surface area contributed by atoms with Crippen LogP contribution in [-0.2, 0) is 4.79 Å². The topological polar surface area (TPSA) is 43.8 Å². The van der Waals surface area contributed by atoms with Gasteiger partial charge in [-0.15, -0.1) is 0 Å². The second-order valence-corrected chi connectivity index (χ2v) is 4.18. The molecule has 0 saturated heterocycles. The Kier molecular flexibility index (Phi) is 10.2. The van der Waals surface area contributed by atoms with Crippen LogP contribution in [0.1, 0.15) is 40.0 Å². The highest BCUT2D eigenvalue weighted by Gasteiger charge is 2.09. The Hall–Kier alpha value is -0.610. The van der Waals surface area contributed by atoms with Gasteiger partial charge in [0.2, 0.25) is 5.91 Å². The van der Waals surface area contributed by atoms with Crippen molar-refractivity contribution in [1.29, 1.82) is 0 Å². The molecule has 102 valence electrons. The normalized spacial score (nSPS) is 10.9. The third-order valence-corrected chi connectivity index (χ3v) is 3.06. The highest BCUT2D eigenvalue weighted by molar-refractivity contribution is 5.76. The Morgan fingerprint density at radius 2 is 1.59 bits per heavy atom. The number of nitrogens with zero attached hydrogens (tertiary/aromatic N) is 2. The first-order chi connectivity index (χ1) is 8.19. The molecule has 0 aliphatic carbocycles. The van der Waals surface area contributed by atoms with Crippen molar-refractivity contribution in [1.82, 2.24) is 9.80 Å². The molecule has 0 heterocycles. The van der Waals surface area contributed by atoms with Gasteiger partial charge in [0.25, 0.3) is 0 Å². The Balaban J connectivity index is 3.76. The van der Waals surface area contributed by atoms with E-state index in [1.165, 1.54) is 0 Å². The van der Waals surface area contributed by atoms with Gasteiger partial charge in [-0.1, -0.05) is 6.92 Å². The third kappa shape index (κ3) is 7.34. The van der Waals surface area contributed by atoms with Crippen LogP contribution in [0.4, 0.5) is 0 Å². The fourth-order valence-electron chi connectivity index (χ4n) is 1.91. The predicted octanol–water partition coefficient (Wildman–Crippen LogP) is 1.34. The molecule has 1 amide bonds. The second-order valence-electron chi connectivity index (χ2n) is 4.18. The molecule has 0 unspecified atom stereocenters. The van der Waals surface area contributed by atoms with Gasteiger partial charge in [0, 0.05) is 32.7 Å². The van der Waals surface area contributed by atoms with Crippen LogP contribution in [0.25, 0.3) is 0 Å². The maximum atomic E-state index is 11.8. The zero-order chi connectivity index (χ0) is 13.1. The van der Waals surface area contributed by atoms with E-state index in [4.69, 9.17) is 5.11 Å². The second kappa shape index (κ2) is 10.5. The molecule has 0 aliphatic rings. The lowest BCUT2D eigenvalue weighted by atomic mass is 10.2. The molecule has 0 aromatic rings. The molecule has 4 heteroatoms. The van der Waals surface area contributed by atoms with Crippen LogP contribution in [0.15, 0.2) is 0 Å². The van der Waals surface area contributed by atoms with Gasteiger partial charge >= 0.3 is 0 Å². The van der Waals surface area contributed by atoms with Gasteiger partial charge in [-0.05, 0) is 39.8 Å². The molecule has 0 bridgehead atoms. The molecule has 0 aromatic heterocycles. The summed E-state index contributed by atoms with van der Waals surface area (Å²) in [6.45, 7) is 10.9. The lowest BCUT2D eigenvalue weighted by Gasteiger charge is -2.21. The minimum absolute atomic E-state index is 0.245. The largest absolute Gasteiger partial charge is 0.396 e. The van der Waals surface area contributed by atoms with Gasteiger partial charge in [-0.3, -0.25) is 4.79 Å². The molecule has 0 radical (unpaired) electrons. The van der Waals surface area contributed by atoms with Gasteiger partial charge in [0.05, 0.1) is 0 Å². The molecule has 0 atom stereocenters. The molecule has 0 aliphatic heterocycles. The first-order valence-electron chi connectivity index (χ1n) is 6.80. The van der Waals surface area contributed by atoms with Crippen molar-refractivity contribution in [3.8, 4) is 0 Å². The number of aliphatic hydroxyl groups is 1. The number of rotatable bonds is 10. The summed E-state index contributed by atoms with van der Waals surface area (Å²) in [6.07, 6.45) is 2.36. The van der Waals surface area contributed by atoms with Crippen molar-refractivity contribution >= 4 is 5.91 Å². The fourth-order valence-corrected chi connectivity index (χ4v) is 1.91. The van der Waals surface area contributed by atoms with Gasteiger partial charge in [-0.25, -0.2) is 0 Å². The van der Waals surface area contributed by atoms with Crippen LogP contribution in [-0.4, -0.2) is 60.1 Å². The SMILES string of the molecule is CCN(CCCO)CCCC(=O)N(CC)CC. The number of carbonyl (C=O) groups is 1. The Labute approximate surface area is 106 Å².